The van der Waals surface area contributed by atoms with Gasteiger partial charge in [-0.2, -0.15) is 0 Å². The topological polar surface area (TPSA) is 35.5 Å². The molecule has 0 saturated carbocycles. The normalized spacial score (nSPS) is 25.0. The fourth-order valence-corrected chi connectivity index (χ4v) is 3.31. The van der Waals surface area contributed by atoms with Crippen LogP contribution in [-0.4, -0.2) is 42.8 Å². The molecule has 1 aliphatic heterocycles. The van der Waals surface area contributed by atoms with Crippen LogP contribution in [0.3, 0.4) is 0 Å². The van der Waals surface area contributed by atoms with Gasteiger partial charge in [0.15, 0.2) is 0 Å². The van der Waals surface area contributed by atoms with Gasteiger partial charge in [-0.1, -0.05) is 42.3 Å². The molecule has 0 spiro atoms. The number of benzene rings is 1. The molecule has 1 aromatic carbocycles. The van der Waals surface area contributed by atoms with E-state index in [4.69, 9.17) is 23.2 Å². The van der Waals surface area contributed by atoms with Crippen LogP contribution in [0.25, 0.3) is 0 Å². The lowest BCUT2D eigenvalue weighted by molar-refractivity contribution is 0.0278. The average molecular weight is 331 g/mol. The average Bonchev–Trinajstić information content (AvgIpc) is 2.47. The summed E-state index contributed by atoms with van der Waals surface area (Å²) in [6, 6.07) is 5.93. The van der Waals surface area contributed by atoms with E-state index in [9.17, 15) is 5.11 Å². The Balaban J connectivity index is 1.95. The summed E-state index contributed by atoms with van der Waals surface area (Å²) in [5.74, 6) is 0.406. The number of β-amino-alcohol motifs (C(OH)–C–C–N with tert-alkyl or cyclic N) is 1. The van der Waals surface area contributed by atoms with Crippen molar-refractivity contribution in [2.45, 2.75) is 31.9 Å². The Hall–Kier alpha value is -0.320. The van der Waals surface area contributed by atoms with Crippen molar-refractivity contribution in [2.75, 3.05) is 26.7 Å². The molecule has 3 nitrogen and oxygen atoms in total. The van der Waals surface area contributed by atoms with Crippen molar-refractivity contribution >= 4 is 23.2 Å². The van der Waals surface area contributed by atoms with E-state index in [-0.39, 0.29) is 12.1 Å². The number of rotatable bonds is 5. The van der Waals surface area contributed by atoms with Crippen LogP contribution < -0.4 is 5.32 Å². The Morgan fingerprint density at radius 3 is 2.86 bits per heavy atom. The van der Waals surface area contributed by atoms with Gasteiger partial charge in [0.2, 0.25) is 0 Å². The highest BCUT2D eigenvalue weighted by atomic mass is 35.5. The number of hydrogen-bond acceptors (Lipinski definition) is 3. The Kier molecular flexibility index (Phi) is 6.33. The first-order valence-corrected chi connectivity index (χ1v) is 8.30. The van der Waals surface area contributed by atoms with Crippen molar-refractivity contribution in [3.63, 3.8) is 0 Å². The van der Waals surface area contributed by atoms with Gasteiger partial charge in [-0.15, -0.1) is 0 Å². The predicted octanol–water partition coefficient (Wildman–Crippen LogP) is 3.35. The van der Waals surface area contributed by atoms with Crippen LogP contribution in [-0.2, 0) is 0 Å². The van der Waals surface area contributed by atoms with Crippen LogP contribution in [0.1, 0.15) is 31.4 Å². The molecule has 3 atom stereocenters. The zero-order valence-corrected chi connectivity index (χ0v) is 14.2. The summed E-state index contributed by atoms with van der Waals surface area (Å²) in [4.78, 5) is 2.33. The van der Waals surface area contributed by atoms with Gasteiger partial charge in [-0.3, -0.25) is 0 Å². The molecule has 1 fully saturated rings. The molecule has 2 rings (SSSR count). The Bertz CT molecular complexity index is 470. The van der Waals surface area contributed by atoms with E-state index in [2.05, 4.69) is 17.1 Å². The van der Waals surface area contributed by atoms with E-state index >= 15 is 0 Å². The fraction of sp³-hybridized carbons (Fsp3) is 0.625. The van der Waals surface area contributed by atoms with Gasteiger partial charge in [0, 0.05) is 19.1 Å². The Morgan fingerprint density at radius 2 is 2.19 bits per heavy atom. The molecule has 21 heavy (non-hydrogen) atoms. The first-order valence-electron chi connectivity index (χ1n) is 7.54. The van der Waals surface area contributed by atoms with Gasteiger partial charge in [0.1, 0.15) is 0 Å². The van der Waals surface area contributed by atoms with Crippen LogP contribution in [0, 0.1) is 5.92 Å². The molecule has 5 heteroatoms. The second kappa shape index (κ2) is 7.80. The molecule has 1 saturated heterocycles. The third kappa shape index (κ3) is 4.33. The van der Waals surface area contributed by atoms with Gasteiger partial charge in [-0.05, 0) is 44.0 Å². The van der Waals surface area contributed by atoms with E-state index in [1.54, 1.807) is 0 Å². The lowest BCUT2D eigenvalue weighted by atomic mass is 9.95. The minimum Gasteiger partial charge on any atom is -0.392 e. The summed E-state index contributed by atoms with van der Waals surface area (Å²) >= 11 is 12.4. The number of nitrogens with one attached hydrogen (secondary N) is 1. The van der Waals surface area contributed by atoms with Gasteiger partial charge in [0.25, 0.3) is 0 Å². The maximum absolute atomic E-state index is 9.97. The molecule has 118 valence electrons. The standard InChI is InChI=1S/C16H24Cl2N2O/c1-11-6-8-20(10-15(11)21)9-7-14(19-2)12-4-3-5-13(17)16(12)18/h3-5,11,14-15,19,21H,6-10H2,1-2H3. The number of likely N-dealkylation sites (tertiary alicyclic amines) is 1. The Labute approximate surface area is 137 Å². The summed E-state index contributed by atoms with van der Waals surface area (Å²) in [5.41, 5.74) is 1.04. The van der Waals surface area contributed by atoms with Crippen LogP contribution in [0.4, 0.5) is 0 Å². The van der Waals surface area contributed by atoms with E-state index in [1.165, 1.54) is 0 Å². The van der Waals surface area contributed by atoms with Crippen molar-refractivity contribution in [1.82, 2.24) is 10.2 Å². The minimum atomic E-state index is -0.207. The molecule has 0 radical (unpaired) electrons. The van der Waals surface area contributed by atoms with E-state index < -0.39 is 0 Å². The largest absolute Gasteiger partial charge is 0.392 e. The van der Waals surface area contributed by atoms with Gasteiger partial charge in [-0.25, -0.2) is 0 Å². The molecule has 0 aliphatic carbocycles. The van der Waals surface area contributed by atoms with Crippen molar-refractivity contribution in [3.05, 3.63) is 33.8 Å². The first kappa shape index (κ1) is 17.0. The highest BCUT2D eigenvalue weighted by molar-refractivity contribution is 6.42. The molecule has 1 aliphatic rings. The number of halogens is 2. The second-order valence-electron chi connectivity index (χ2n) is 5.91. The zero-order chi connectivity index (χ0) is 15.4. The Morgan fingerprint density at radius 1 is 1.43 bits per heavy atom. The fourth-order valence-electron chi connectivity index (χ4n) is 2.87. The highest BCUT2D eigenvalue weighted by Gasteiger charge is 2.25. The first-order chi connectivity index (χ1) is 10.0. The number of aliphatic hydroxyl groups excluding tert-OH is 1. The molecular formula is C16H24Cl2N2O. The number of nitrogens with zero attached hydrogens (tertiary/aromatic N) is 1. The molecular weight excluding hydrogens is 307 g/mol. The van der Waals surface area contributed by atoms with Crippen LogP contribution in [0.2, 0.25) is 10.0 Å². The quantitative estimate of drug-likeness (QED) is 0.869. The summed E-state index contributed by atoms with van der Waals surface area (Å²) in [7, 11) is 1.94. The lowest BCUT2D eigenvalue weighted by Crippen LogP contribution is -2.43. The second-order valence-corrected chi connectivity index (χ2v) is 6.69. The molecule has 0 amide bonds. The molecule has 0 bridgehead atoms. The zero-order valence-electron chi connectivity index (χ0n) is 12.6. The van der Waals surface area contributed by atoms with Crippen LogP contribution >= 0.6 is 23.2 Å². The van der Waals surface area contributed by atoms with E-state index in [0.717, 1.165) is 38.0 Å². The van der Waals surface area contributed by atoms with Crippen molar-refractivity contribution in [3.8, 4) is 0 Å². The van der Waals surface area contributed by atoms with Crippen molar-refractivity contribution in [1.29, 1.82) is 0 Å². The third-order valence-electron chi connectivity index (χ3n) is 4.44. The minimum absolute atomic E-state index is 0.174. The monoisotopic (exact) mass is 330 g/mol. The van der Waals surface area contributed by atoms with Crippen molar-refractivity contribution in [2.24, 2.45) is 5.92 Å². The summed E-state index contributed by atoms with van der Waals surface area (Å²) in [6.07, 6.45) is 1.79. The molecule has 1 aromatic rings. The van der Waals surface area contributed by atoms with Gasteiger partial charge in [0.05, 0.1) is 16.1 Å². The molecule has 2 N–H and O–H groups in total. The summed E-state index contributed by atoms with van der Waals surface area (Å²) in [5, 5.41) is 14.5. The van der Waals surface area contributed by atoms with Gasteiger partial charge >= 0.3 is 0 Å². The van der Waals surface area contributed by atoms with E-state index in [1.807, 2.05) is 25.2 Å². The van der Waals surface area contributed by atoms with E-state index in [0.29, 0.717) is 16.0 Å². The molecule has 0 aromatic heterocycles. The highest BCUT2D eigenvalue weighted by Crippen LogP contribution is 2.31. The lowest BCUT2D eigenvalue weighted by Gasteiger charge is -2.35. The van der Waals surface area contributed by atoms with Crippen LogP contribution in [0.5, 0.6) is 0 Å². The molecule has 1 heterocycles. The molecule has 3 unspecified atom stereocenters. The SMILES string of the molecule is CNC(CCN1CCC(C)C(O)C1)c1cccc(Cl)c1Cl. The van der Waals surface area contributed by atoms with Crippen molar-refractivity contribution < 1.29 is 5.11 Å². The predicted molar refractivity (Wildman–Crippen MR) is 89.1 cm³/mol. The number of hydrogen-bond donors (Lipinski definition) is 2. The summed E-state index contributed by atoms with van der Waals surface area (Å²) < 4.78 is 0. The number of piperidine rings is 1. The summed E-state index contributed by atoms with van der Waals surface area (Å²) in [6.45, 7) is 4.88. The van der Waals surface area contributed by atoms with Crippen LogP contribution in [0.15, 0.2) is 18.2 Å². The number of aliphatic hydroxyl groups is 1. The maximum atomic E-state index is 9.97. The van der Waals surface area contributed by atoms with Gasteiger partial charge < -0.3 is 15.3 Å². The smallest absolute Gasteiger partial charge is 0.0693 e. The third-order valence-corrected chi connectivity index (χ3v) is 5.28. The maximum Gasteiger partial charge on any atom is 0.0693 e.